The molecule has 0 radical (unpaired) electrons. The highest BCUT2D eigenvalue weighted by molar-refractivity contribution is 7.91. The molecule has 0 saturated carbocycles. The number of hydrogen-bond acceptors (Lipinski definition) is 6. The van der Waals surface area contributed by atoms with Crippen LogP contribution < -0.4 is 4.90 Å². The van der Waals surface area contributed by atoms with Gasteiger partial charge in [0.25, 0.3) is 0 Å². The second-order valence-electron chi connectivity index (χ2n) is 7.24. The average molecular weight is 432 g/mol. The summed E-state index contributed by atoms with van der Waals surface area (Å²) in [5, 5.41) is 0.420. The van der Waals surface area contributed by atoms with E-state index in [9.17, 15) is 8.42 Å². The van der Waals surface area contributed by atoms with Gasteiger partial charge in [0, 0.05) is 36.8 Å². The van der Waals surface area contributed by atoms with Crippen LogP contribution >= 0.6 is 11.6 Å². The van der Waals surface area contributed by atoms with Crippen molar-refractivity contribution in [1.29, 1.82) is 0 Å². The fraction of sp³-hybridized carbons (Fsp3) is 0.286. The van der Waals surface area contributed by atoms with Crippen molar-refractivity contribution >= 4 is 27.3 Å². The van der Waals surface area contributed by atoms with Crippen molar-refractivity contribution in [3.8, 4) is 11.5 Å². The Morgan fingerprint density at radius 1 is 0.966 bits per heavy atom. The van der Waals surface area contributed by atoms with E-state index < -0.39 is 9.84 Å². The molecule has 8 heteroatoms. The molecule has 2 heterocycles. The van der Waals surface area contributed by atoms with Gasteiger partial charge in [-0.3, -0.25) is 0 Å². The van der Waals surface area contributed by atoms with Crippen LogP contribution in [-0.2, 0) is 9.84 Å². The van der Waals surface area contributed by atoms with Gasteiger partial charge in [0.05, 0.1) is 4.90 Å². The number of piperazine rings is 1. The molecule has 0 aliphatic carbocycles. The summed E-state index contributed by atoms with van der Waals surface area (Å²) in [7, 11) is -1.82. The summed E-state index contributed by atoms with van der Waals surface area (Å²) in [5.41, 5.74) is 1.84. The molecular formula is C21H22ClN3O3S. The van der Waals surface area contributed by atoms with Gasteiger partial charge >= 0.3 is 0 Å². The van der Waals surface area contributed by atoms with E-state index in [0.29, 0.717) is 29.9 Å². The number of anilines is 1. The Kier molecular flexibility index (Phi) is 5.38. The Labute approximate surface area is 175 Å². The Morgan fingerprint density at radius 2 is 1.59 bits per heavy atom. The molecule has 0 N–H and O–H groups in total. The third-order valence-electron chi connectivity index (χ3n) is 5.05. The molecule has 152 valence electrons. The zero-order valence-electron chi connectivity index (χ0n) is 16.3. The van der Waals surface area contributed by atoms with Crippen molar-refractivity contribution in [3.63, 3.8) is 0 Å². The summed E-state index contributed by atoms with van der Waals surface area (Å²) >= 11 is 5.93. The SMILES string of the molecule is Cc1ccc(-c2nc(S(=O)(=O)c3ccc(Cl)cc3)c(N3CCN(C)CC3)o2)cc1. The molecule has 0 spiro atoms. The predicted molar refractivity (Wildman–Crippen MR) is 113 cm³/mol. The first-order chi connectivity index (χ1) is 13.8. The molecule has 2 aromatic carbocycles. The van der Waals surface area contributed by atoms with Gasteiger partial charge < -0.3 is 14.2 Å². The van der Waals surface area contributed by atoms with E-state index in [2.05, 4.69) is 9.88 Å². The van der Waals surface area contributed by atoms with E-state index >= 15 is 0 Å². The van der Waals surface area contributed by atoms with E-state index in [0.717, 1.165) is 24.2 Å². The van der Waals surface area contributed by atoms with Gasteiger partial charge in [-0.15, -0.1) is 0 Å². The second kappa shape index (κ2) is 7.82. The number of oxazole rings is 1. The van der Waals surface area contributed by atoms with Crippen LogP contribution in [0.3, 0.4) is 0 Å². The Bertz CT molecular complexity index is 1100. The van der Waals surface area contributed by atoms with Gasteiger partial charge in [-0.1, -0.05) is 29.3 Å². The van der Waals surface area contributed by atoms with Crippen LogP contribution in [0, 0.1) is 6.92 Å². The van der Waals surface area contributed by atoms with E-state index in [1.165, 1.54) is 12.1 Å². The van der Waals surface area contributed by atoms with E-state index in [-0.39, 0.29) is 9.92 Å². The Balaban J connectivity index is 1.82. The topological polar surface area (TPSA) is 66.7 Å². The minimum absolute atomic E-state index is 0.0556. The summed E-state index contributed by atoms with van der Waals surface area (Å²) in [6, 6.07) is 13.8. The van der Waals surface area contributed by atoms with E-state index in [4.69, 9.17) is 16.0 Å². The van der Waals surface area contributed by atoms with Crippen LogP contribution in [-0.4, -0.2) is 51.5 Å². The lowest BCUT2D eigenvalue weighted by molar-refractivity contribution is 0.305. The fourth-order valence-electron chi connectivity index (χ4n) is 3.23. The maximum Gasteiger partial charge on any atom is 0.236 e. The van der Waals surface area contributed by atoms with Crippen molar-refractivity contribution in [2.45, 2.75) is 16.8 Å². The lowest BCUT2D eigenvalue weighted by Gasteiger charge is -2.32. The number of benzene rings is 2. The molecule has 29 heavy (non-hydrogen) atoms. The van der Waals surface area contributed by atoms with Gasteiger partial charge in [0.15, 0.2) is 0 Å². The normalized spacial score (nSPS) is 15.6. The van der Waals surface area contributed by atoms with Crippen LogP contribution in [0.1, 0.15) is 5.56 Å². The molecule has 0 amide bonds. The first-order valence-electron chi connectivity index (χ1n) is 9.36. The predicted octanol–water partition coefficient (Wildman–Crippen LogP) is 3.89. The monoisotopic (exact) mass is 431 g/mol. The molecule has 1 fully saturated rings. The van der Waals surface area contributed by atoms with Crippen molar-refractivity contribution in [2.24, 2.45) is 0 Å². The molecular weight excluding hydrogens is 410 g/mol. The van der Waals surface area contributed by atoms with Gasteiger partial charge in [-0.2, -0.15) is 4.98 Å². The van der Waals surface area contributed by atoms with Crippen LogP contribution in [0.15, 0.2) is 62.9 Å². The van der Waals surface area contributed by atoms with Crippen molar-refractivity contribution in [1.82, 2.24) is 9.88 Å². The molecule has 0 unspecified atom stereocenters. The molecule has 6 nitrogen and oxygen atoms in total. The summed E-state index contributed by atoms with van der Waals surface area (Å²) in [5.74, 6) is 0.593. The average Bonchev–Trinajstić information content (AvgIpc) is 3.16. The highest BCUT2D eigenvalue weighted by Gasteiger charge is 2.32. The van der Waals surface area contributed by atoms with Gasteiger partial charge in [0.2, 0.25) is 26.6 Å². The van der Waals surface area contributed by atoms with Crippen LogP contribution in [0.5, 0.6) is 0 Å². The van der Waals surface area contributed by atoms with Crippen molar-refractivity contribution < 1.29 is 12.8 Å². The lowest BCUT2D eigenvalue weighted by Crippen LogP contribution is -2.44. The molecule has 0 atom stereocenters. The highest BCUT2D eigenvalue weighted by Crippen LogP contribution is 2.35. The number of aryl methyl sites for hydroxylation is 1. The van der Waals surface area contributed by atoms with Gasteiger partial charge in [-0.25, -0.2) is 8.42 Å². The molecule has 3 aromatic rings. The van der Waals surface area contributed by atoms with Crippen molar-refractivity contribution in [2.75, 3.05) is 38.1 Å². The molecule has 4 rings (SSSR count). The summed E-state index contributed by atoms with van der Waals surface area (Å²) < 4.78 is 32.8. The number of halogens is 1. The molecule has 0 bridgehead atoms. The van der Waals surface area contributed by atoms with E-state index in [1.807, 2.05) is 43.1 Å². The zero-order valence-corrected chi connectivity index (χ0v) is 17.9. The van der Waals surface area contributed by atoms with Crippen molar-refractivity contribution in [3.05, 3.63) is 59.1 Å². The summed E-state index contributed by atoms with van der Waals surface area (Å²) in [6.07, 6.45) is 0. The zero-order chi connectivity index (χ0) is 20.6. The quantitative estimate of drug-likeness (QED) is 0.624. The van der Waals surface area contributed by atoms with Crippen LogP contribution in [0.4, 0.5) is 5.88 Å². The number of nitrogens with zero attached hydrogens (tertiary/aromatic N) is 3. The first kappa shape index (κ1) is 19.9. The summed E-state index contributed by atoms with van der Waals surface area (Å²) in [4.78, 5) is 8.72. The number of rotatable bonds is 4. The second-order valence-corrected chi connectivity index (χ2v) is 9.54. The maximum atomic E-state index is 13.4. The Morgan fingerprint density at radius 3 is 2.21 bits per heavy atom. The number of aromatic nitrogens is 1. The molecule has 1 aliphatic rings. The minimum atomic E-state index is -3.86. The molecule has 1 aliphatic heterocycles. The third kappa shape index (κ3) is 4.03. The molecule has 1 aromatic heterocycles. The number of sulfone groups is 1. The fourth-order valence-corrected chi connectivity index (χ4v) is 4.67. The number of likely N-dealkylation sites (N-methyl/N-ethyl adjacent to an activating group) is 1. The minimum Gasteiger partial charge on any atom is -0.419 e. The highest BCUT2D eigenvalue weighted by atomic mass is 35.5. The first-order valence-corrected chi connectivity index (χ1v) is 11.2. The largest absolute Gasteiger partial charge is 0.419 e. The van der Waals surface area contributed by atoms with Gasteiger partial charge in [-0.05, 0) is 50.4 Å². The van der Waals surface area contributed by atoms with Gasteiger partial charge in [0.1, 0.15) is 0 Å². The number of hydrogen-bond donors (Lipinski definition) is 0. The van der Waals surface area contributed by atoms with E-state index in [1.54, 1.807) is 12.1 Å². The maximum absolute atomic E-state index is 13.4. The van der Waals surface area contributed by atoms with Crippen LogP contribution in [0.25, 0.3) is 11.5 Å². The Hall–Kier alpha value is -2.35. The standard InChI is InChI=1S/C21H22ClN3O3S/c1-15-3-5-16(6-4-15)19-23-20(21(28-19)25-13-11-24(2)12-14-25)29(26,27)18-9-7-17(22)8-10-18/h3-10H,11-14H2,1-2H3. The van der Waals surface area contributed by atoms with Crippen LogP contribution in [0.2, 0.25) is 5.02 Å². The lowest BCUT2D eigenvalue weighted by atomic mass is 10.1. The third-order valence-corrected chi connectivity index (χ3v) is 6.97. The molecule has 1 saturated heterocycles. The summed E-state index contributed by atoms with van der Waals surface area (Å²) in [6.45, 7) is 4.97. The smallest absolute Gasteiger partial charge is 0.236 e.